The average molecular weight is 296 g/mol. The van der Waals surface area contributed by atoms with Crippen molar-refractivity contribution in [2.45, 2.75) is 45.2 Å². The number of hydrogen-bond acceptors (Lipinski definition) is 4. The number of carbonyl (C=O) groups excluding carboxylic acids is 1. The Bertz CT molecular complexity index is 472. The minimum atomic E-state index is -0.00917. The molecule has 1 aliphatic rings. The van der Waals surface area contributed by atoms with Gasteiger partial charge in [0.2, 0.25) is 5.91 Å². The minimum absolute atomic E-state index is 0.00556. The molecule has 1 fully saturated rings. The number of methoxy groups -OCH3 is 1. The van der Waals surface area contributed by atoms with Crippen molar-refractivity contribution >= 4 is 17.2 Å². The van der Waals surface area contributed by atoms with Gasteiger partial charge in [-0.3, -0.25) is 4.79 Å². The number of nitrogens with two attached hydrogens (primary N) is 1. The molecule has 4 nitrogen and oxygen atoms in total. The van der Waals surface area contributed by atoms with Gasteiger partial charge in [-0.25, -0.2) is 0 Å². The Balaban J connectivity index is 2.35. The van der Waals surface area contributed by atoms with Crippen molar-refractivity contribution in [1.29, 1.82) is 0 Å². The van der Waals surface area contributed by atoms with E-state index >= 15 is 0 Å². The monoisotopic (exact) mass is 296 g/mol. The lowest BCUT2D eigenvalue weighted by molar-refractivity contribution is -0.134. The summed E-state index contributed by atoms with van der Waals surface area (Å²) in [6.07, 6.45) is 2.37. The zero-order valence-electron chi connectivity index (χ0n) is 12.5. The molecule has 2 unspecified atom stereocenters. The third-order valence-corrected chi connectivity index (χ3v) is 4.91. The van der Waals surface area contributed by atoms with E-state index in [4.69, 9.17) is 10.5 Å². The molecule has 5 heteroatoms. The molecule has 1 aromatic heterocycles. The Morgan fingerprint density at radius 1 is 1.50 bits per heavy atom. The average Bonchev–Trinajstić information content (AvgIpc) is 2.65. The van der Waals surface area contributed by atoms with Gasteiger partial charge in [-0.1, -0.05) is 0 Å². The molecular formula is C15H24N2O2S. The number of likely N-dealkylation sites (tertiary alicyclic amines) is 1. The van der Waals surface area contributed by atoms with Gasteiger partial charge in [-0.15, -0.1) is 11.3 Å². The highest BCUT2D eigenvalue weighted by Gasteiger charge is 2.34. The molecule has 2 heterocycles. The van der Waals surface area contributed by atoms with Gasteiger partial charge in [0.15, 0.2) is 0 Å². The van der Waals surface area contributed by atoms with Gasteiger partial charge < -0.3 is 15.4 Å². The zero-order valence-corrected chi connectivity index (χ0v) is 13.3. The minimum Gasteiger partial charge on any atom is -0.383 e. The summed E-state index contributed by atoms with van der Waals surface area (Å²) in [6, 6.07) is 2.18. The summed E-state index contributed by atoms with van der Waals surface area (Å²) in [6.45, 7) is 5.38. The lowest BCUT2D eigenvalue weighted by Gasteiger charge is -2.33. The number of ether oxygens (including phenoxy) is 1. The van der Waals surface area contributed by atoms with Crippen molar-refractivity contribution in [1.82, 2.24) is 4.90 Å². The molecule has 0 saturated carbocycles. The largest absolute Gasteiger partial charge is 0.383 e. The third kappa shape index (κ3) is 3.22. The lowest BCUT2D eigenvalue weighted by Crippen LogP contribution is -2.43. The number of rotatable bonds is 4. The fourth-order valence-corrected chi connectivity index (χ4v) is 3.94. The summed E-state index contributed by atoms with van der Waals surface area (Å²) in [5, 5.41) is 0. The SMILES string of the molecule is COCCN1C(=O)CCCC(N)C1c1cc(C)sc1C. The molecule has 1 saturated heterocycles. The van der Waals surface area contributed by atoms with E-state index in [0.29, 0.717) is 19.6 Å². The fourth-order valence-electron chi connectivity index (χ4n) is 2.97. The van der Waals surface area contributed by atoms with Crippen LogP contribution in [0, 0.1) is 13.8 Å². The second kappa shape index (κ2) is 6.70. The molecule has 0 aliphatic carbocycles. The Hall–Kier alpha value is -0.910. The highest BCUT2D eigenvalue weighted by molar-refractivity contribution is 7.12. The highest BCUT2D eigenvalue weighted by Crippen LogP contribution is 2.35. The van der Waals surface area contributed by atoms with E-state index in [9.17, 15) is 4.79 Å². The maximum atomic E-state index is 12.4. The van der Waals surface area contributed by atoms with Crippen molar-refractivity contribution in [2.24, 2.45) is 5.73 Å². The molecule has 0 radical (unpaired) electrons. The molecule has 112 valence electrons. The van der Waals surface area contributed by atoms with Crippen LogP contribution in [0.15, 0.2) is 6.07 Å². The molecule has 2 rings (SSSR count). The lowest BCUT2D eigenvalue weighted by atomic mass is 9.96. The standard InChI is InChI=1S/C15H24N2O2S/c1-10-9-12(11(2)20-10)15-13(16)5-4-6-14(18)17(15)7-8-19-3/h9,13,15H,4-8,16H2,1-3H3. The van der Waals surface area contributed by atoms with Crippen molar-refractivity contribution < 1.29 is 9.53 Å². The fraction of sp³-hybridized carbons (Fsp3) is 0.667. The van der Waals surface area contributed by atoms with Crippen LogP contribution in [-0.4, -0.2) is 37.1 Å². The highest BCUT2D eigenvalue weighted by atomic mass is 32.1. The van der Waals surface area contributed by atoms with Gasteiger partial charge in [0.1, 0.15) is 0 Å². The van der Waals surface area contributed by atoms with E-state index in [1.807, 2.05) is 4.90 Å². The van der Waals surface area contributed by atoms with E-state index in [-0.39, 0.29) is 18.0 Å². The van der Waals surface area contributed by atoms with Crippen LogP contribution in [-0.2, 0) is 9.53 Å². The first-order chi connectivity index (χ1) is 9.54. The van der Waals surface area contributed by atoms with Crippen molar-refractivity contribution in [2.75, 3.05) is 20.3 Å². The molecule has 2 atom stereocenters. The van der Waals surface area contributed by atoms with E-state index in [0.717, 1.165) is 12.8 Å². The first kappa shape index (κ1) is 15.5. The Morgan fingerprint density at radius 3 is 2.85 bits per heavy atom. The molecule has 1 amide bonds. The van der Waals surface area contributed by atoms with Crippen LogP contribution in [0.5, 0.6) is 0 Å². The predicted octanol–water partition coefficient (Wildman–Crippen LogP) is 2.39. The van der Waals surface area contributed by atoms with Gasteiger partial charge in [0, 0.05) is 35.9 Å². The topological polar surface area (TPSA) is 55.6 Å². The molecule has 1 aromatic rings. The van der Waals surface area contributed by atoms with E-state index in [2.05, 4.69) is 19.9 Å². The van der Waals surface area contributed by atoms with E-state index in [1.54, 1.807) is 18.4 Å². The smallest absolute Gasteiger partial charge is 0.223 e. The maximum Gasteiger partial charge on any atom is 0.223 e. The maximum absolute atomic E-state index is 12.4. The third-order valence-electron chi connectivity index (χ3n) is 3.92. The van der Waals surface area contributed by atoms with E-state index in [1.165, 1.54) is 15.3 Å². The van der Waals surface area contributed by atoms with Crippen LogP contribution in [0.2, 0.25) is 0 Å². The number of aryl methyl sites for hydroxylation is 2. The molecule has 0 aromatic carbocycles. The quantitative estimate of drug-likeness (QED) is 0.928. The van der Waals surface area contributed by atoms with Gasteiger partial charge in [0.25, 0.3) is 0 Å². The van der Waals surface area contributed by atoms with E-state index < -0.39 is 0 Å². The van der Waals surface area contributed by atoms with Crippen LogP contribution >= 0.6 is 11.3 Å². The first-order valence-corrected chi connectivity index (χ1v) is 7.97. The number of amides is 1. The number of hydrogen-bond donors (Lipinski definition) is 1. The summed E-state index contributed by atoms with van der Waals surface area (Å²) in [5.74, 6) is 0.197. The van der Waals surface area contributed by atoms with Crippen LogP contribution in [0.25, 0.3) is 0 Å². The second-order valence-corrected chi connectivity index (χ2v) is 6.91. The van der Waals surface area contributed by atoms with Crippen molar-refractivity contribution in [3.05, 3.63) is 21.4 Å². The molecule has 20 heavy (non-hydrogen) atoms. The molecule has 0 spiro atoms. The van der Waals surface area contributed by atoms with Gasteiger partial charge >= 0.3 is 0 Å². The zero-order chi connectivity index (χ0) is 14.7. The van der Waals surface area contributed by atoms with Crippen LogP contribution < -0.4 is 5.73 Å². The van der Waals surface area contributed by atoms with Crippen LogP contribution in [0.1, 0.15) is 40.6 Å². The van der Waals surface area contributed by atoms with Crippen molar-refractivity contribution in [3.8, 4) is 0 Å². The summed E-state index contributed by atoms with van der Waals surface area (Å²) in [5.41, 5.74) is 7.60. The molecule has 0 bridgehead atoms. The molecular weight excluding hydrogens is 272 g/mol. The van der Waals surface area contributed by atoms with Crippen molar-refractivity contribution in [3.63, 3.8) is 0 Å². The summed E-state index contributed by atoms with van der Waals surface area (Å²) in [7, 11) is 1.66. The second-order valence-electron chi connectivity index (χ2n) is 5.45. The Kier molecular flexibility index (Phi) is 5.18. The van der Waals surface area contributed by atoms with Gasteiger partial charge in [-0.05, 0) is 38.3 Å². The van der Waals surface area contributed by atoms with Gasteiger partial charge in [-0.2, -0.15) is 0 Å². The number of nitrogens with zero attached hydrogens (tertiary/aromatic N) is 1. The summed E-state index contributed by atoms with van der Waals surface area (Å²) < 4.78 is 5.16. The van der Waals surface area contributed by atoms with Gasteiger partial charge in [0.05, 0.1) is 12.6 Å². The predicted molar refractivity (Wildman–Crippen MR) is 81.9 cm³/mol. The first-order valence-electron chi connectivity index (χ1n) is 7.15. The molecule has 2 N–H and O–H groups in total. The van der Waals surface area contributed by atoms with Crippen LogP contribution in [0.4, 0.5) is 0 Å². The number of carbonyl (C=O) groups is 1. The summed E-state index contributed by atoms with van der Waals surface area (Å²) in [4.78, 5) is 16.8. The Labute approximate surface area is 124 Å². The van der Waals surface area contributed by atoms with Crippen LogP contribution in [0.3, 0.4) is 0 Å². The molecule has 1 aliphatic heterocycles. The summed E-state index contributed by atoms with van der Waals surface area (Å²) >= 11 is 1.77. The normalized spacial score (nSPS) is 24.0. The number of thiophene rings is 1. The Morgan fingerprint density at radius 2 is 2.25 bits per heavy atom.